The summed E-state index contributed by atoms with van der Waals surface area (Å²) in [6.45, 7) is 1.91. The van der Waals surface area contributed by atoms with Crippen LogP contribution in [0.3, 0.4) is 0 Å². The second-order valence-corrected chi connectivity index (χ2v) is 8.47. The minimum absolute atomic E-state index is 0.0250. The Labute approximate surface area is 247 Å². The number of methoxy groups -OCH3 is 1. The summed E-state index contributed by atoms with van der Waals surface area (Å²) in [5.74, 6) is -14.7. The van der Waals surface area contributed by atoms with Gasteiger partial charge in [-0.1, -0.05) is 11.6 Å². The highest BCUT2D eigenvalue weighted by atomic mass is 35.5. The summed E-state index contributed by atoms with van der Waals surface area (Å²) in [6.07, 6.45) is -8.38. The van der Waals surface area contributed by atoms with E-state index in [1.54, 1.807) is 0 Å². The van der Waals surface area contributed by atoms with Crippen molar-refractivity contribution in [3.63, 3.8) is 0 Å². The lowest BCUT2D eigenvalue weighted by molar-refractivity contribution is -0.420. The zero-order valence-corrected chi connectivity index (χ0v) is 22.6. The molecule has 240 valence electrons. The topological polar surface area (TPSA) is 217 Å². The van der Waals surface area contributed by atoms with Gasteiger partial charge in [0.05, 0.1) is 17.7 Å². The molecule has 14 nitrogen and oxygen atoms in total. The highest BCUT2D eigenvalue weighted by Crippen LogP contribution is 2.44. The van der Waals surface area contributed by atoms with Gasteiger partial charge in [0, 0.05) is 23.6 Å². The minimum atomic E-state index is -5.44. The molecule has 44 heavy (non-hydrogen) atoms. The van der Waals surface area contributed by atoms with Gasteiger partial charge in [-0.05, 0) is 31.2 Å². The van der Waals surface area contributed by atoms with Gasteiger partial charge >= 0.3 is 18.5 Å². The van der Waals surface area contributed by atoms with Crippen molar-refractivity contribution in [1.82, 2.24) is 4.98 Å². The van der Waals surface area contributed by atoms with E-state index >= 15 is 4.39 Å². The van der Waals surface area contributed by atoms with Gasteiger partial charge in [0.2, 0.25) is 11.6 Å². The summed E-state index contributed by atoms with van der Waals surface area (Å²) in [7, 11) is 1.31. The SMILES string of the molecule is COC=O.Cc1cc(NC(=O)c2c(Oc3ccc(OC(F)(F)F)c(F)c3OC(O)(O)O)cc(Cl)c(C(O)(O)O)c2F)ccn1. The molecule has 3 rings (SSSR count). The quantitative estimate of drug-likeness (QED) is 0.0997. The van der Waals surface area contributed by atoms with E-state index in [4.69, 9.17) is 36.5 Å². The standard InChI is InChI=1S/C22H16ClF5N2O10.C2H4O2/c1-8-6-9(4-5-29-8)30-19(31)14-13(7-10(23)15(17(14)25)20(32,33)34)38-12-3-2-11(39-21(26,27)28)16(24)18(12)40-22(35,36)37;1-4-2-3/h2-7,32-37H,1H3,(H,29,30,31);2H,1H3. The first-order valence-corrected chi connectivity index (χ1v) is 11.6. The van der Waals surface area contributed by atoms with Crippen molar-refractivity contribution in [3.05, 3.63) is 70.0 Å². The minimum Gasteiger partial charge on any atom is -0.471 e. The molecule has 0 aliphatic rings. The Morgan fingerprint density at radius 1 is 0.955 bits per heavy atom. The maximum atomic E-state index is 15.4. The van der Waals surface area contributed by atoms with Crippen molar-refractivity contribution in [3.8, 4) is 23.0 Å². The largest absolute Gasteiger partial charge is 0.573 e. The zero-order chi connectivity index (χ0) is 33.6. The van der Waals surface area contributed by atoms with Crippen LogP contribution in [0.5, 0.6) is 23.0 Å². The van der Waals surface area contributed by atoms with Crippen molar-refractivity contribution in [1.29, 1.82) is 0 Å². The van der Waals surface area contributed by atoms with E-state index in [9.17, 15) is 37.7 Å². The summed E-state index contributed by atoms with van der Waals surface area (Å²) in [5, 5.41) is 57.2. The summed E-state index contributed by atoms with van der Waals surface area (Å²) in [6, 6.07) is 3.87. The van der Waals surface area contributed by atoms with E-state index in [2.05, 4.69) is 24.5 Å². The second kappa shape index (κ2) is 13.9. The number of pyridine rings is 1. The number of halogens is 6. The third kappa shape index (κ3) is 9.84. The number of aromatic nitrogens is 1. The maximum Gasteiger partial charge on any atom is 0.573 e. The Balaban J connectivity index is 0.00000159. The van der Waals surface area contributed by atoms with Gasteiger partial charge < -0.3 is 54.9 Å². The number of nitrogens with one attached hydrogen (secondary N) is 1. The van der Waals surface area contributed by atoms with Gasteiger partial charge in [-0.25, -0.2) is 4.39 Å². The van der Waals surface area contributed by atoms with Crippen LogP contribution in [0.2, 0.25) is 5.02 Å². The summed E-state index contributed by atoms with van der Waals surface area (Å²) < 4.78 is 84.7. The number of rotatable bonds is 9. The van der Waals surface area contributed by atoms with Gasteiger partial charge in [-0.3, -0.25) is 14.6 Å². The molecule has 1 amide bonds. The molecule has 20 heteroatoms. The summed E-state index contributed by atoms with van der Waals surface area (Å²) >= 11 is 5.81. The number of aryl methyl sites for hydroxylation is 1. The fraction of sp³-hybridized carbons (Fsp3) is 0.208. The number of anilines is 1. The molecule has 2 aromatic carbocycles. The molecule has 0 saturated carbocycles. The molecule has 0 radical (unpaired) electrons. The number of amides is 1. The number of ether oxygens (including phenoxy) is 4. The average molecular weight is 659 g/mol. The van der Waals surface area contributed by atoms with Gasteiger partial charge in [0.25, 0.3) is 12.4 Å². The van der Waals surface area contributed by atoms with Crippen LogP contribution >= 0.6 is 11.6 Å². The molecule has 0 saturated heterocycles. The molecular weight excluding hydrogens is 639 g/mol. The van der Waals surface area contributed by atoms with Gasteiger partial charge in [0.1, 0.15) is 11.3 Å². The lowest BCUT2D eigenvalue weighted by Crippen LogP contribution is -2.35. The van der Waals surface area contributed by atoms with E-state index in [0.29, 0.717) is 30.4 Å². The normalized spacial score (nSPS) is 11.6. The molecule has 3 aromatic rings. The Morgan fingerprint density at radius 2 is 1.55 bits per heavy atom. The first-order chi connectivity index (χ1) is 20.2. The Bertz CT molecular complexity index is 1510. The second-order valence-electron chi connectivity index (χ2n) is 8.06. The number of carbonyl (C=O) groups excluding carboxylic acids is 2. The van der Waals surface area contributed by atoms with Crippen LogP contribution in [-0.4, -0.2) is 67.6 Å². The van der Waals surface area contributed by atoms with E-state index in [0.717, 1.165) is 0 Å². The predicted molar refractivity (Wildman–Crippen MR) is 133 cm³/mol. The monoisotopic (exact) mass is 658 g/mol. The third-order valence-corrected chi connectivity index (χ3v) is 5.00. The Hall–Kier alpha value is -4.37. The number of hydrogen-bond donors (Lipinski definition) is 7. The fourth-order valence-corrected chi connectivity index (χ4v) is 3.48. The predicted octanol–water partition coefficient (Wildman–Crippen LogP) is 2.11. The van der Waals surface area contributed by atoms with Crippen molar-refractivity contribution in [2.45, 2.75) is 25.4 Å². The number of benzene rings is 2. The molecule has 1 heterocycles. The number of hydrogen-bond acceptors (Lipinski definition) is 13. The van der Waals surface area contributed by atoms with Crippen LogP contribution in [0.4, 0.5) is 27.6 Å². The summed E-state index contributed by atoms with van der Waals surface area (Å²) in [5.41, 5.74) is -2.25. The molecule has 1 aromatic heterocycles. The average Bonchev–Trinajstić information content (AvgIpc) is 2.85. The van der Waals surface area contributed by atoms with Crippen LogP contribution in [-0.2, 0) is 15.5 Å². The van der Waals surface area contributed by atoms with E-state index in [1.807, 2.05) is 0 Å². The van der Waals surface area contributed by atoms with Crippen molar-refractivity contribution >= 4 is 29.7 Å². The maximum absolute atomic E-state index is 15.4. The van der Waals surface area contributed by atoms with Crippen molar-refractivity contribution in [2.24, 2.45) is 0 Å². The molecule has 0 bridgehead atoms. The number of aliphatic hydroxyl groups is 6. The number of alkyl halides is 3. The molecule has 0 atom stereocenters. The highest BCUT2D eigenvalue weighted by Gasteiger charge is 2.38. The molecule has 0 unspecified atom stereocenters. The van der Waals surface area contributed by atoms with Crippen LogP contribution in [0, 0.1) is 18.6 Å². The number of nitrogens with zero attached hydrogens (tertiary/aromatic N) is 1. The van der Waals surface area contributed by atoms with Gasteiger partial charge in [-0.2, -0.15) is 4.39 Å². The molecule has 7 N–H and O–H groups in total. The molecular formula is C24H20ClF5N2O12. The van der Waals surface area contributed by atoms with Crippen LogP contribution < -0.4 is 19.5 Å². The first kappa shape index (κ1) is 35.8. The van der Waals surface area contributed by atoms with Gasteiger partial charge in [0.15, 0.2) is 17.3 Å². The van der Waals surface area contributed by atoms with Crippen LogP contribution in [0.15, 0.2) is 36.5 Å². The Morgan fingerprint density at radius 3 is 2.05 bits per heavy atom. The number of carbonyl (C=O) groups is 2. The van der Waals surface area contributed by atoms with E-state index < -0.39 is 75.2 Å². The molecule has 0 aliphatic heterocycles. The smallest absolute Gasteiger partial charge is 0.471 e. The van der Waals surface area contributed by atoms with Crippen molar-refractivity contribution in [2.75, 3.05) is 12.4 Å². The molecule has 0 fully saturated rings. The molecule has 0 aliphatic carbocycles. The fourth-order valence-electron chi connectivity index (χ4n) is 3.17. The molecule has 0 spiro atoms. The Kier molecular flexibility index (Phi) is 11.4. The van der Waals surface area contributed by atoms with Gasteiger partial charge in [-0.15, -0.1) is 13.2 Å². The van der Waals surface area contributed by atoms with Crippen LogP contribution in [0.25, 0.3) is 0 Å². The van der Waals surface area contributed by atoms with Crippen molar-refractivity contribution < 1.29 is 81.1 Å². The lowest BCUT2D eigenvalue weighted by atomic mass is 10.0. The highest BCUT2D eigenvalue weighted by molar-refractivity contribution is 6.32. The van der Waals surface area contributed by atoms with E-state index in [1.165, 1.54) is 32.4 Å². The lowest BCUT2D eigenvalue weighted by Gasteiger charge is -2.23. The van der Waals surface area contributed by atoms with E-state index in [-0.39, 0.29) is 5.69 Å². The zero-order valence-electron chi connectivity index (χ0n) is 21.9. The van der Waals surface area contributed by atoms with Crippen LogP contribution in [0.1, 0.15) is 21.6 Å². The third-order valence-electron chi connectivity index (χ3n) is 4.71. The first-order valence-electron chi connectivity index (χ1n) is 11.2. The summed E-state index contributed by atoms with van der Waals surface area (Å²) in [4.78, 5) is 25.9.